The maximum Gasteiger partial charge on any atom is 0.313 e. The highest BCUT2D eigenvalue weighted by Gasteiger charge is 2.09. The number of halogens is 2. The molecule has 0 saturated heterocycles. The Bertz CT molecular complexity index is 322. The van der Waals surface area contributed by atoms with Crippen LogP contribution in [0.3, 0.4) is 0 Å². The zero-order valence-electron chi connectivity index (χ0n) is 13.0. The minimum atomic E-state index is -0.610. The van der Waals surface area contributed by atoms with Crippen molar-refractivity contribution in [3.63, 3.8) is 0 Å². The largest absolute Gasteiger partial charge is 0.469 e. The van der Waals surface area contributed by atoms with E-state index in [1.165, 1.54) is 14.2 Å². The van der Waals surface area contributed by atoms with Gasteiger partial charge in [-0.1, -0.05) is 0 Å². The highest BCUT2D eigenvalue weighted by Crippen LogP contribution is 2.03. The summed E-state index contributed by atoms with van der Waals surface area (Å²) in [5, 5.41) is 9.12. The van der Waals surface area contributed by atoms with Crippen LogP contribution in [0.25, 0.3) is 0 Å². The molecule has 22 heavy (non-hydrogen) atoms. The molecule has 0 saturated carbocycles. The molecule has 0 aliphatic carbocycles. The molecule has 0 aliphatic rings. The lowest BCUT2D eigenvalue weighted by atomic mass is 10.1. The first-order chi connectivity index (χ1) is 10.4. The van der Waals surface area contributed by atoms with Crippen molar-refractivity contribution in [2.45, 2.75) is 44.6 Å². The average molecular weight is 359 g/mol. The van der Waals surface area contributed by atoms with Gasteiger partial charge >= 0.3 is 11.9 Å². The van der Waals surface area contributed by atoms with Gasteiger partial charge in [0.25, 0.3) is 0 Å². The summed E-state index contributed by atoms with van der Waals surface area (Å²) in [7, 11) is 2.56. The molecule has 0 radical (unpaired) electrons. The second kappa shape index (κ2) is 16.5. The topological polar surface area (TPSA) is 89.9 Å². The molecule has 130 valence electrons. The van der Waals surface area contributed by atoms with Gasteiger partial charge in [-0.05, 0) is 19.3 Å². The summed E-state index contributed by atoms with van der Waals surface area (Å²) >= 11 is 10.7. The standard InChI is InChI=1S/C7H13ClO3.C7H11ClO3/c2*1-11-7(10)5-6(9)3-2-4-8/h6,9H,2-5H2,1H3;2-5H2,1H3. The molecule has 8 heteroatoms. The van der Waals surface area contributed by atoms with E-state index in [-0.39, 0.29) is 24.6 Å². The predicted molar refractivity (Wildman–Crippen MR) is 84.2 cm³/mol. The molecule has 0 aliphatic heterocycles. The van der Waals surface area contributed by atoms with Gasteiger partial charge < -0.3 is 14.6 Å². The summed E-state index contributed by atoms with van der Waals surface area (Å²) in [6.07, 6.45) is 1.58. The number of alkyl halides is 2. The van der Waals surface area contributed by atoms with Crippen LogP contribution in [0.4, 0.5) is 0 Å². The highest BCUT2D eigenvalue weighted by molar-refractivity contribution is 6.18. The van der Waals surface area contributed by atoms with Crippen LogP contribution < -0.4 is 0 Å². The third kappa shape index (κ3) is 17.2. The lowest BCUT2D eigenvalue weighted by Gasteiger charge is -2.06. The first kappa shape index (κ1) is 23.4. The lowest BCUT2D eigenvalue weighted by Crippen LogP contribution is -2.14. The number of hydrogen-bond donors (Lipinski definition) is 1. The molecule has 1 N–H and O–H groups in total. The van der Waals surface area contributed by atoms with Gasteiger partial charge in [0.15, 0.2) is 0 Å². The molecule has 6 nitrogen and oxygen atoms in total. The van der Waals surface area contributed by atoms with Gasteiger partial charge in [0.1, 0.15) is 12.2 Å². The van der Waals surface area contributed by atoms with Crippen LogP contribution in [0.2, 0.25) is 0 Å². The Balaban J connectivity index is 0. The summed E-state index contributed by atoms with van der Waals surface area (Å²) < 4.78 is 8.68. The van der Waals surface area contributed by atoms with E-state index in [0.29, 0.717) is 31.0 Å². The van der Waals surface area contributed by atoms with Crippen molar-refractivity contribution in [3.8, 4) is 0 Å². The highest BCUT2D eigenvalue weighted by atomic mass is 35.5. The van der Waals surface area contributed by atoms with Gasteiger partial charge in [-0.2, -0.15) is 0 Å². The molecule has 0 aromatic rings. The fourth-order valence-electron chi connectivity index (χ4n) is 1.28. The van der Waals surface area contributed by atoms with Crippen molar-refractivity contribution >= 4 is 40.9 Å². The van der Waals surface area contributed by atoms with Gasteiger partial charge in [0.2, 0.25) is 0 Å². The molecule has 1 unspecified atom stereocenters. The van der Waals surface area contributed by atoms with E-state index in [1.807, 2.05) is 0 Å². The van der Waals surface area contributed by atoms with E-state index >= 15 is 0 Å². The second-order valence-corrected chi connectivity index (χ2v) is 5.11. The molecule has 0 spiro atoms. The van der Waals surface area contributed by atoms with E-state index in [0.717, 1.165) is 6.42 Å². The number of carbonyl (C=O) groups is 3. The molecule has 0 heterocycles. The van der Waals surface area contributed by atoms with E-state index in [1.54, 1.807) is 0 Å². The van der Waals surface area contributed by atoms with Crippen molar-refractivity contribution in [2.75, 3.05) is 26.0 Å². The smallest absolute Gasteiger partial charge is 0.313 e. The normalized spacial score (nSPS) is 11.0. The fourth-order valence-corrected chi connectivity index (χ4v) is 1.56. The van der Waals surface area contributed by atoms with E-state index in [9.17, 15) is 14.4 Å². The maximum atomic E-state index is 10.8. The molecule has 0 fully saturated rings. The Labute approximate surface area is 141 Å². The minimum Gasteiger partial charge on any atom is -0.469 e. The van der Waals surface area contributed by atoms with Gasteiger partial charge in [0.05, 0.1) is 26.7 Å². The van der Waals surface area contributed by atoms with Crippen molar-refractivity contribution in [1.29, 1.82) is 0 Å². The number of aliphatic hydroxyl groups excluding tert-OH is 1. The number of ether oxygens (including phenoxy) is 2. The molecule has 0 bridgehead atoms. The molecular weight excluding hydrogens is 335 g/mol. The number of rotatable bonds is 10. The minimum absolute atomic E-state index is 0.0629. The van der Waals surface area contributed by atoms with Crippen molar-refractivity contribution < 1.29 is 29.0 Å². The molecule has 0 aromatic carbocycles. The Kier molecular flexibility index (Phi) is 17.6. The number of aliphatic hydroxyl groups is 1. The summed E-state index contributed by atoms with van der Waals surface area (Å²) in [6.45, 7) is 0. The Morgan fingerprint density at radius 1 is 1.00 bits per heavy atom. The Morgan fingerprint density at radius 2 is 1.55 bits per heavy atom. The Morgan fingerprint density at radius 3 is 2.00 bits per heavy atom. The van der Waals surface area contributed by atoms with Crippen molar-refractivity contribution in [3.05, 3.63) is 0 Å². The number of Topliss-reactive ketones (excluding diaryl/α,β-unsaturated/α-hetero) is 1. The van der Waals surface area contributed by atoms with Crippen LogP contribution in [0.1, 0.15) is 38.5 Å². The monoisotopic (exact) mass is 358 g/mol. The molecule has 0 rings (SSSR count). The van der Waals surface area contributed by atoms with Crippen molar-refractivity contribution in [2.24, 2.45) is 0 Å². The van der Waals surface area contributed by atoms with Crippen LogP contribution in [0.15, 0.2) is 0 Å². The zero-order chi connectivity index (χ0) is 17.4. The SMILES string of the molecule is COC(=O)CC(=O)CCCCl.COC(=O)CC(O)CCCCl. The van der Waals surface area contributed by atoms with Crippen LogP contribution in [-0.2, 0) is 23.9 Å². The number of methoxy groups -OCH3 is 2. The van der Waals surface area contributed by atoms with Crippen LogP contribution in [-0.4, -0.2) is 54.9 Å². The molecular formula is C14H24Cl2O6. The summed E-state index contributed by atoms with van der Waals surface area (Å²) in [6, 6.07) is 0. The van der Waals surface area contributed by atoms with E-state index < -0.39 is 12.1 Å². The summed E-state index contributed by atoms with van der Waals surface area (Å²) in [5.74, 6) is -0.0142. The maximum absolute atomic E-state index is 10.8. The van der Waals surface area contributed by atoms with Crippen LogP contribution >= 0.6 is 23.2 Å². The number of ketones is 1. The van der Waals surface area contributed by atoms with Gasteiger partial charge in [0, 0.05) is 18.2 Å². The first-order valence-electron chi connectivity index (χ1n) is 6.86. The van der Waals surface area contributed by atoms with E-state index in [4.69, 9.17) is 28.3 Å². The third-order valence-electron chi connectivity index (χ3n) is 2.46. The summed E-state index contributed by atoms with van der Waals surface area (Å²) in [5.41, 5.74) is 0. The fraction of sp³-hybridized carbons (Fsp3) is 0.786. The molecule has 0 aromatic heterocycles. The van der Waals surface area contributed by atoms with E-state index in [2.05, 4.69) is 9.47 Å². The number of esters is 2. The van der Waals surface area contributed by atoms with Gasteiger partial charge in [-0.3, -0.25) is 14.4 Å². The lowest BCUT2D eigenvalue weighted by molar-refractivity contribution is -0.144. The third-order valence-corrected chi connectivity index (χ3v) is 2.99. The van der Waals surface area contributed by atoms with Crippen LogP contribution in [0.5, 0.6) is 0 Å². The quantitative estimate of drug-likeness (QED) is 0.365. The average Bonchev–Trinajstić information content (AvgIpc) is 2.51. The van der Waals surface area contributed by atoms with Gasteiger partial charge in [-0.15, -0.1) is 23.2 Å². The molecule has 1 atom stereocenters. The van der Waals surface area contributed by atoms with Crippen molar-refractivity contribution in [1.82, 2.24) is 0 Å². The van der Waals surface area contributed by atoms with Crippen LogP contribution in [0, 0.1) is 0 Å². The predicted octanol–water partition coefficient (Wildman–Crippen LogP) is 2.07. The number of carbonyl (C=O) groups excluding carboxylic acids is 3. The first-order valence-corrected chi connectivity index (χ1v) is 7.93. The summed E-state index contributed by atoms with van der Waals surface area (Å²) in [4.78, 5) is 31.9. The number of hydrogen-bond acceptors (Lipinski definition) is 6. The Hall–Kier alpha value is -0.850. The zero-order valence-corrected chi connectivity index (χ0v) is 14.5. The molecule has 0 amide bonds. The van der Waals surface area contributed by atoms with Gasteiger partial charge in [-0.25, -0.2) is 0 Å². The second-order valence-electron chi connectivity index (χ2n) is 4.35.